The van der Waals surface area contributed by atoms with Crippen molar-refractivity contribution in [3.05, 3.63) is 41.5 Å². The molecule has 0 fully saturated rings. The van der Waals surface area contributed by atoms with Crippen LogP contribution in [0.2, 0.25) is 0 Å². The molecule has 102 valence electrons. The van der Waals surface area contributed by atoms with Crippen LogP contribution in [0.1, 0.15) is 18.1 Å². The lowest BCUT2D eigenvalue weighted by Gasteiger charge is -2.05. The molecule has 5 heteroatoms. The zero-order chi connectivity index (χ0) is 15.2. The summed E-state index contributed by atoms with van der Waals surface area (Å²) < 4.78 is 4.77. The Kier molecular flexibility index (Phi) is 4.28. The van der Waals surface area contributed by atoms with Gasteiger partial charge in [-0.15, -0.1) is 0 Å². The summed E-state index contributed by atoms with van der Waals surface area (Å²) in [6, 6.07) is 12.5. The van der Waals surface area contributed by atoms with E-state index in [-0.39, 0.29) is 6.61 Å². The number of aliphatic imine (C=N–C) groups is 1. The molecule has 2 rings (SSSR count). The summed E-state index contributed by atoms with van der Waals surface area (Å²) in [5.41, 5.74) is 1.31. The van der Waals surface area contributed by atoms with Gasteiger partial charge in [0.25, 0.3) is 0 Å². The normalized spacial score (nSPS) is 10.2. The number of nitrogens with zero attached hydrogens (tertiary/aromatic N) is 3. The van der Waals surface area contributed by atoms with Crippen LogP contribution in [-0.2, 0) is 9.53 Å². The molecule has 5 nitrogen and oxygen atoms in total. The molecule has 0 aromatic heterocycles. The van der Waals surface area contributed by atoms with E-state index in [1.807, 2.05) is 0 Å². The monoisotopic (exact) mass is 277 g/mol. The lowest BCUT2D eigenvalue weighted by atomic mass is 9.99. The molecule has 0 radical (unpaired) electrons. The summed E-state index contributed by atoms with van der Waals surface area (Å²) in [6.07, 6.45) is 1.09. The van der Waals surface area contributed by atoms with Gasteiger partial charge in [0.05, 0.1) is 35.6 Å². The van der Waals surface area contributed by atoms with E-state index in [9.17, 15) is 4.79 Å². The molecule has 21 heavy (non-hydrogen) atoms. The number of hydrogen-bond acceptors (Lipinski definition) is 5. The Morgan fingerprint density at radius 3 is 2.62 bits per heavy atom. The van der Waals surface area contributed by atoms with Gasteiger partial charge in [-0.2, -0.15) is 10.5 Å². The number of carbonyl (C=O) groups is 1. The molecule has 0 aliphatic heterocycles. The highest BCUT2D eigenvalue weighted by Crippen LogP contribution is 2.30. The van der Waals surface area contributed by atoms with Crippen LogP contribution < -0.4 is 0 Å². The maximum atomic E-state index is 11.3. The molecule has 2 aromatic carbocycles. The van der Waals surface area contributed by atoms with Crippen molar-refractivity contribution in [3.8, 4) is 12.1 Å². The van der Waals surface area contributed by atoms with Crippen molar-refractivity contribution in [2.45, 2.75) is 6.92 Å². The van der Waals surface area contributed by atoms with Crippen LogP contribution in [0.4, 0.5) is 5.69 Å². The molecule has 0 atom stereocenters. The second kappa shape index (κ2) is 6.31. The smallest absolute Gasteiger partial charge is 0.349 e. The molecular weight excluding hydrogens is 266 g/mol. The maximum absolute atomic E-state index is 11.3. The quantitative estimate of drug-likeness (QED) is 0.637. The van der Waals surface area contributed by atoms with Gasteiger partial charge in [-0.3, -0.25) is 0 Å². The minimum Gasteiger partial charge on any atom is -0.462 e. The minimum atomic E-state index is -0.536. The molecule has 0 saturated carbocycles. The SMILES string of the molecule is CCOC(=O)C=Nc1ccc(C#N)c2c(C#N)cccc12. The Labute approximate surface area is 121 Å². The summed E-state index contributed by atoms with van der Waals surface area (Å²) in [5.74, 6) is -0.536. The number of fused-ring (bicyclic) bond motifs is 1. The molecule has 0 N–H and O–H groups in total. The van der Waals surface area contributed by atoms with E-state index in [2.05, 4.69) is 17.1 Å². The summed E-state index contributed by atoms with van der Waals surface area (Å²) in [7, 11) is 0. The van der Waals surface area contributed by atoms with Gasteiger partial charge in [0.1, 0.15) is 6.21 Å². The summed E-state index contributed by atoms with van der Waals surface area (Å²) in [5, 5.41) is 19.5. The summed E-state index contributed by atoms with van der Waals surface area (Å²) in [4.78, 5) is 15.4. The summed E-state index contributed by atoms with van der Waals surface area (Å²) >= 11 is 0. The third-order valence-electron chi connectivity index (χ3n) is 2.85. The van der Waals surface area contributed by atoms with Gasteiger partial charge in [-0.1, -0.05) is 12.1 Å². The van der Waals surface area contributed by atoms with Crippen molar-refractivity contribution in [1.82, 2.24) is 0 Å². The Morgan fingerprint density at radius 2 is 1.95 bits per heavy atom. The first-order valence-corrected chi connectivity index (χ1v) is 6.28. The Morgan fingerprint density at radius 1 is 1.24 bits per heavy atom. The Balaban J connectivity index is 2.61. The number of nitriles is 2. The zero-order valence-electron chi connectivity index (χ0n) is 11.3. The standard InChI is InChI=1S/C16H11N3O2/c1-2-21-15(20)10-19-14-7-6-12(9-18)16-11(8-17)4-3-5-13(14)16/h3-7,10H,2H2,1H3. The second-order valence-electron chi connectivity index (χ2n) is 4.09. The van der Waals surface area contributed by atoms with Crippen LogP contribution in [0.15, 0.2) is 35.3 Å². The number of esters is 1. The molecule has 0 bridgehead atoms. The van der Waals surface area contributed by atoms with Gasteiger partial charge in [-0.05, 0) is 25.1 Å². The van der Waals surface area contributed by atoms with Crippen LogP contribution >= 0.6 is 0 Å². The van der Waals surface area contributed by atoms with E-state index in [1.165, 1.54) is 0 Å². The minimum absolute atomic E-state index is 0.275. The maximum Gasteiger partial charge on any atom is 0.349 e. The van der Waals surface area contributed by atoms with Crippen molar-refractivity contribution in [1.29, 1.82) is 10.5 Å². The van der Waals surface area contributed by atoms with E-state index in [0.29, 0.717) is 27.6 Å². The first-order chi connectivity index (χ1) is 10.2. The van der Waals surface area contributed by atoms with Gasteiger partial charge < -0.3 is 4.74 Å². The molecule has 0 amide bonds. The van der Waals surface area contributed by atoms with Crippen LogP contribution in [0.3, 0.4) is 0 Å². The molecule has 0 aliphatic rings. The van der Waals surface area contributed by atoms with Crippen LogP contribution in [0.25, 0.3) is 10.8 Å². The van der Waals surface area contributed by atoms with Crippen molar-refractivity contribution >= 4 is 28.6 Å². The molecule has 0 unspecified atom stereocenters. The predicted octanol–water partition coefficient (Wildman–Crippen LogP) is 2.85. The molecule has 0 saturated heterocycles. The third kappa shape index (κ3) is 2.88. The van der Waals surface area contributed by atoms with Crippen molar-refractivity contribution in [3.63, 3.8) is 0 Å². The van der Waals surface area contributed by atoms with E-state index in [1.54, 1.807) is 37.3 Å². The fourth-order valence-electron chi connectivity index (χ4n) is 1.99. The van der Waals surface area contributed by atoms with Gasteiger partial charge in [0.2, 0.25) is 0 Å². The number of hydrogen-bond donors (Lipinski definition) is 0. The first-order valence-electron chi connectivity index (χ1n) is 6.28. The van der Waals surface area contributed by atoms with Crippen molar-refractivity contribution < 1.29 is 9.53 Å². The number of ether oxygens (including phenoxy) is 1. The fraction of sp³-hybridized carbons (Fsp3) is 0.125. The van der Waals surface area contributed by atoms with Crippen LogP contribution in [0.5, 0.6) is 0 Å². The zero-order valence-corrected chi connectivity index (χ0v) is 11.3. The molecule has 0 spiro atoms. The number of benzene rings is 2. The van der Waals surface area contributed by atoms with Gasteiger partial charge in [0.15, 0.2) is 0 Å². The summed E-state index contributed by atoms with van der Waals surface area (Å²) in [6.45, 7) is 1.99. The number of carbonyl (C=O) groups excluding carboxylic acids is 1. The highest BCUT2D eigenvalue weighted by Gasteiger charge is 2.09. The first kappa shape index (κ1) is 14.2. The van der Waals surface area contributed by atoms with Crippen LogP contribution in [0, 0.1) is 22.7 Å². The van der Waals surface area contributed by atoms with E-state index < -0.39 is 5.97 Å². The lowest BCUT2D eigenvalue weighted by molar-refractivity contribution is -0.134. The van der Waals surface area contributed by atoms with Crippen LogP contribution in [-0.4, -0.2) is 18.8 Å². The van der Waals surface area contributed by atoms with Gasteiger partial charge >= 0.3 is 5.97 Å². The third-order valence-corrected chi connectivity index (χ3v) is 2.85. The lowest BCUT2D eigenvalue weighted by Crippen LogP contribution is -2.04. The average molecular weight is 277 g/mol. The average Bonchev–Trinajstić information content (AvgIpc) is 2.52. The van der Waals surface area contributed by atoms with E-state index in [4.69, 9.17) is 15.3 Å². The highest BCUT2D eigenvalue weighted by atomic mass is 16.5. The fourth-order valence-corrected chi connectivity index (χ4v) is 1.99. The highest BCUT2D eigenvalue weighted by molar-refractivity contribution is 6.24. The van der Waals surface area contributed by atoms with Crippen molar-refractivity contribution in [2.75, 3.05) is 6.61 Å². The second-order valence-corrected chi connectivity index (χ2v) is 4.09. The molecular formula is C16H11N3O2. The van der Waals surface area contributed by atoms with Crippen molar-refractivity contribution in [2.24, 2.45) is 4.99 Å². The van der Waals surface area contributed by atoms with Gasteiger partial charge in [0, 0.05) is 10.8 Å². The van der Waals surface area contributed by atoms with E-state index >= 15 is 0 Å². The Hall–Kier alpha value is -3.18. The Bertz CT molecular complexity index is 790. The topological polar surface area (TPSA) is 86.2 Å². The molecule has 2 aromatic rings. The number of rotatable bonds is 3. The van der Waals surface area contributed by atoms with Gasteiger partial charge in [-0.25, -0.2) is 9.79 Å². The largest absolute Gasteiger partial charge is 0.462 e. The van der Waals surface area contributed by atoms with E-state index in [0.717, 1.165) is 6.21 Å². The molecule has 0 aliphatic carbocycles. The molecule has 0 heterocycles. The predicted molar refractivity (Wildman–Crippen MR) is 78.2 cm³/mol.